The van der Waals surface area contributed by atoms with Crippen molar-refractivity contribution in [3.8, 4) is 11.5 Å². The summed E-state index contributed by atoms with van der Waals surface area (Å²) in [7, 11) is -2.23. The summed E-state index contributed by atoms with van der Waals surface area (Å²) in [6, 6.07) is 4.94. The molecule has 136 valence electrons. The monoisotopic (exact) mass is 366 g/mol. The van der Waals surface area contributed by atoms with E-state index in [0.717, 1.165) is 5.56 Å². The maximum atomic E-state index is 12.9. The predicted molar refractivity (Wildman–Crippen MR) is 91.4 cm³/mol. The molecular weight excluding hydrogens is 344 g/mol. The summed E-state index contributed by atoms with van der Waals surface area (Å²) in [5.41, 5.74) is 0.573. The number of benzene rings is 1. The molecule has 1 N–H and O–H groups in total. The number of nitrogens with zero attached hydrogens (tertiary/aromatic N) is 1. The maximum Gasteiger partial charge on any atom is 0.246 e. The molecule has 0 amide bonds. The highest BCUT2D eigenvalue weighted by Gasteiger charge is 2.37. The van der Waals surface area contributed by atoms with E-state index in [2.05, 4.69) is 9.88 Å². The molecule has 0 fully saturated rings. The molecule has 1 aromatic carbocycles. The summed E-state index contributed by atoms with van der Waals surface area (Å²) in [6.45, 7) is 7.05. The minimum atomic E-state index is -3.79. The van der Waals surface area contributed by atoms with Gasteiger partial charge in [0.2, 0.25) is 10.0 Å². The predicted octanol–water partition coefficient (Wildman–Crippen LogP) is 2.88. The minimum absolute atomic E-state index is 0.0845. The first kappa shape index (κ1) is 17.8. The summed E-state index contributed by atoms with van der Waals surface area (Å²) < 4.78 is 44.8. The molecule has 0 unspecified atom stereocenters. The van der Waals surface area contributed by atoms with Crippen LogP contribution in [0.25, 0.3) is 0 Å². The Hall–Kier alpha value is -2.06. The fraction of sp³-hybridized carbons (Fsp3) is 0.471. The number of aryl methyl sites for hydroxylation is 2. The van der Waals surface area contributed by atoms with Gasteiger partial charge < -0.3 is 14.0 Å². The molecule has 8 heteroatoms. The number of sulfonamides is 1. The van der Waals surface area contributed by atoms with Gasteiger partial charge in [0.05, 0.1) is 13.2 Å². The van der Waals surface area contributed by atoms with Crippen LogP contribution in [0.5, 0.6) is 11.5 Å². The zero-order chi connectivity index (χ0) is 18.4. The van der Waals surface area contributed by atoms with E-state index in [0.29, 0.717) is 23.6 Å². The van der Waals surface area contributed by atoms with Crippen LogP contribution in [0.3, 0.4) is 0 Å². The first-order chi connectivity index (χ1) is 11.6. The van der Waals surface area contributed by atoms with Gasteiger partial charge in [-0.1, -0.05) is 5.16 Å². The van der Waals surface area contributed by atoms with Crippen LogP contribution in [0.2, 0.25) is 0 Å². The van der Waals surface area contributed by atoms with Gasteiger partial charge in [0, 0.05) is 12.0 Å². The van der Waals surface area contributed by atoms with E-state index in [1.807, 2.05) is 13.8 Å². The van der Waals surface area contributed by atoms with E-state index in [9.17, 15) is 8.42 Å². The van der Waals surface area contributed by atoms with Crippen molar-refractivity contribution in [1.82, 2.24) is 9.88 Å². The Kier molecular flexibility index (Phi) is 4.28. The molecule has 0 radical (unpaired) electrons. The van der Waals surface area contributed by atoms with E-state index in [-0.39, 0.29) is 10.7 Å². The minimum Gasteiger partial charge on any atom is -0.497 e. The summed E-state index contributed by atoms with van der Waals surface area (Å²) in [5.74, 6) is 1.55. The Morgan fingerprint density at radius 3 is 2.64 bits per heavy atom. The van der Waals surface area contributed by atoms with E-state index in [1.165, 1.54) is 0 Å². The lowest BCUT2D eigenvalue weighted by atomic mass is 9.90. The number of hydrogen-bond donors (Lipinski definition) is 1. The van der Waals surface area contributed by atoms with Crippen molar-refractivity contribution in [3.05, 3.63) is 35.2 Å². The van der Waals surface area contributed by atoms with Crippen molar-refractivity contribution in [3.63, 3.8) is 0 Å². The van der Waals surface area contributed by atoms with E-state index >= 15 is 0 Å². The molecule has 0 saturated carbocycles. The van der Waals surface area contributed by atoms with Crippen LogP contribution in [0, 0.1) is 13.8 Å². The van der Waals surface area contributed by atoms with Crippen LogP contribution in [0.15, 0.2) is 27.6 Å². The largest absolute Gasteiger partial charge is 0.497 e. The third kappa shape index (κ3) is 3.36. The average Bonchev–Trinajstić information content (AvgIpc) is 2.85. The SMILES string of the molecule is COc1ccc2c(c1)[C@@H](NS(=O)(=O)c1c(C)noc1C)CC(C)(C)O2. The fourth-order valence-electron chi connectivity index (χ4n) is 3.17. The standard InChI is InChI=1S/C17H22N2O5S/c1-10-16(11(2)24-18-10)25(20,21)19-14-9-17(3,4)23-15-7-6-12(22-5)8-13(14)15/h6-8,14,19H,9H2,1-5H3/t14-/m0/s1. The zero-order valence-electron chi connectivity index (χ0n) is 14.9. The molecule has 25 heavy (non-hydrogen) atoms. The van der Waals surface area contributed by atoms with Crippen LogP contribution in [-0.2, 0) is 10.0 Å². The quantitative estimate of drug-likeness (QED) is 0.895. The van der Waals surface area contributed by atoms with Crippen molar-refractivity contribution in [2.45, 2.75) is 50.7 Å². The molecule has 0 saturated heterocycles. The maximum absolute atomic E-state index is 12.9. The van der Waals surface area contributed by atoms with E-state index in [1.54, 1.807) is 39.2 Å². The Morgan fingerprint density at radius 1 is 1.32 bits per heavy atom. The third-order valence-corrected chi connectivity index (χ3v) is 5.92. The molecule has 1 aromatic heterocycles. The highest BCUT2D eigenvalue weighted by atomic mass is 32.2. The Labute approximate surface area is 147 Å². The first-order valence-electron chi connectivity index (χ1n) is 7.95. The second-order valence-corrected chi connectivity index (χ2v) is 8.45. The van der Waals surface area contributed by atoms with E-state index in [4.69, 9.17) is 14.0 Å². The number of methoxy groups -OCH3 is 1. The third-order valence-electron chi connectivity index (χ3n) is 4.21. The van der Waals surface area contributed by atoms with Crippen LogP contribution in [0.1, 0.15) is 43.3 Å². The molecule has 2 aromatic rings. The lowest BCUT2D eigenvalue weighted by Crippen LogP contribution is -2.41. The lowest BCUT2D eigenvalue weighted by molar-refractivity contribution is 0.0700. The molecule has 0 bridgehead atoms. The van der Waals surface area contributed by atoms with Gasteiger partial charge in [0.1, 0.15) is 27.7 Å². The molecule has 1 atom stereocenters. The van der Waals surface area contributed by atoms with Crippen molar-refractivity contribution in [1.29, 1.82) is 0 Å². The summed E-state index contributed by atoms with van der Waals surface area (Å²) in [4.78, 5) is 0.0845. The summed E-state index contributed by atoms with van der Waals surface area (Å²) in [6.07, 6.45) is 0.482. The zero-order valence-corrected chi connectivity index (χ0v) is 15.7. The number of aromatic nitrogens is 1. The molecule has 1 aliphatic rings. The fourth-order valence-corrected chi connectivity index (χ4v) is 4.71. The smallest absolute Gasteiger partial charge is 0.246 e. The Morgan fingerprint density at radius 2 is 2.04 bits per heavy atom. The average molecular weight is 366 g/mol. The normalized spacial score (nSPS) is 19.2. The van der Waals surface area contributed by atoms with Crippen molar-refractivity contribution < 1.29 is 22.4 Å². The van der Waals surface area contributed by atoms with Crippen LogP contribution < -0.4 is 14.2 Å². The molecule has 3 rings (SSSR count). The Bertz CT molecular complexity index is 882. The van der Waals surface area contributed by atoms with E-state index < -0.39 is 21.7 Å². The van der Waals surface area contributed by atoms with Gasteiger partial charge >= 0.3 is 0 Å². The molecule has 1 aliphatic heterocycles. The topological polar surface area (TPSA) is 90.7 Å². The highest BCUT2D eigenvalue weighted by Crippen LogP contribution is 2.41. The highest BCUT2D eigenvalue weighted by molar-refractivity contribution is 7.89. The number of nitrogens with one attached hydrogen (secondary N) is 1. The number of hydrogen-bond acceptors (Lipinski definition) is 6. The molecule has 0 aliphatic carbocycles. The second kappa shape index (κ2) is 6.03. The summed E-state index contributed by atoms with van der Waals surface area (Å²) >= 11 is 0. The van der Waals surface area contributed by atoms with Gasteiger partial charge in [-0.25, -0.2) is 13.1 Å². The molecular formula is C17H22N2O5S. The van der Waals surface area contributed by atoms with Gasteiger partial charge in [-0.3, -0.25) is 0 Å². The van der Waals surface area contributed by atoms with Crippen LogP contribution in [-0.4, -0.2) is 26.3 Å². The van der Waals surface area contributed by atoms with Crippen LogP contribution >= 0.6 is 0 Å². The summed E-state index contributed by atoms with van der Waals surface area (Å²) in [5, 5.41) is 3.74. The lowest BCUT2D eigenvalue weighted by Gasteiger charge is -2.37. The number of rotatable bonds is 4. The first-order valence-corrected chi connectivity index (χ1v) is 9.43. The van der Waals surface area contributed by atoms with Gasteiger partial charge in [0.15, 0.2) is 5.76 Å². The molecule has 0 spiro atoms. The van der Waals surface area contributed by atoms with Gasteiger partial charge in [-0.05, 0) is 45.9 Å². The number of ether oxygens (including phenoxy) is 2. The van der Waals surface area contributed by atoms with Crippen LogP contribution in [0.4, 0.5) is 0 Å². The van der Waals surface area contributed by atoms with Gasteiger partial charge in [-0.15, -0.1) is 0 Å². The van der Waals surface area contributed by atoms with Gasteiger partial charge in [0.25, 0.3) is 0 Å². The molecule has 2 heterocycles. The van der Waals surface area contributed by atoms with Crippen molar-refractivity contribution in [2.24, 2.45) is 0 Å². The second-order valence-electron chi connectivity index (χ2n) is 6.80. The van der Waals surface area contributed by atoms with Gasteiger partial charge in [-0.2, -0.15) is 0 Å². The number of fused-ring (bicyclic) bond motifs is 1. The Balaban J connectivity index is 2.02. The van der Waals surface area contributed by atoms with Crippen molar-refractivity contribution >= 4 is 10.0 Å². The molecule has 7 nitrogen and oxygen atoms in total. The van der Waals surface area contributed by atoms with Crippen molar-refractivity contribution in [2.75, 3.05) is 7.11 Å².